The monoisotopic (exact) mass is 159 g/mol. The molecule has 1 aromatic rings. The summed E-state index contributed by atoms with van der Waals surface area (Å²) >= 11 is 0. The van der Waals surface area contributed by atoms with Crippen molar-refractivity contribution in [2.75, 3.05) is 0 Å². The van der Waals surface area contributed by atoms with Crippen molar-refractivity contribution in [3.63, 3.8) is 0 Å². The quantitative estimate of drug-likeness (QED) is 0.621. The van der Waals surface area contributed by atoms with Gasteiger partial charge in [-0.15, -0.1) is 0 Å². The number of hydrogen-bond donors (Lipinski definition) is 0. The van der Waals surface area contributed by atoms with Crippen LogP contribution in [0.4, 0.5) is 0 Å². The van der Waals surface area contributed by atoms with Gasteiger partial charge in [0.05, 0.1) is 17.5 Å². The van der Waals surface area contributed by atoms with Crippen LogP contribution in [0, 0.1) is 18.3 Å². The third-order valence-electron chi connectivity index (χ3n) is 2.25. The van der Waals surface area contributed by atoms with Crippen LogP contribution in [-0.2, 0) is 5.41 Å². The summed E-state index contributed by atoms with van der Waals surface area (Å²) in [6.45, 7) is 1.89. The number of nitriles is 1. The molecule has 3 heteroatoms. The van der Waals surface area contributed by atoms with Crippen molar-refractivity contribution in [3.05, 3.63) is 23.5 Å². The van der Waals surface area contributed by atoms with Crippen LogP contribution in [0.2, 0.25) is 0 Å². The Bertz CT molecular complexity index is 330. The number of hydrogen-bond acceptors (Lipinski definition) is 3. The van der Waals surface area contributed by atoms with E-state index in [2.05, 4.69) is 16.3 Å². The van der Waals surface area contributed by atoms with Gasteiger partial charge < -0.3 is 0 Å². The van der Waals surface area contributed by atoms with Crippen LogP contribution in [0.15, 0.2) is 12.1 Å². The van der Waals surface area contributed by atoms with Crippen LogP contribution in [0.1, 0.15) is 24.2 Å². The molecular weight excluding hydrogens is 150 g/mol. The van der Waals surface area contributed by atoms with E-state index in [1.54, 1.807) is 0 Å². The van der Waals surface area contributed by atoms with E-state index < -0.39 is 0 Å². The molecular formula is C9H9N3. The standard InChI is InChI=1S/C9H9N3/c1-7-2-3-8(12-11-7)9(6-10)4-5-9/h2-3H,4-5H2,1H3. The minimum atomic E-state index is -0.291. The van der Waals surface area contributed by atoms with Crippen molar-refractivity contribution in [2.45, 2.75) is 25.2 Å². The van der Waals surface area contributed by atoms with Gasteiger partial charge in [-0.3, -0.25) is 0 Å². The fourth-order valence-electron chi connectivity index (χ4n) is 1.20. The second kappa shape index (κ2) is 2.28. The second-order valence-corrected chi connectivity index (χ2v) is 3.25. The molecule has 3 nitrogen and oxygen atoms in total. The highest BCUT2D eigenvalue weighted by atomic mass is 15.1. The van der Waals surface area contributed by atoms with Crippen molar-refractivity contribution < 1.29 is 0 Å². The summed E-state index contributed by atoms with van der Waals surface area (Å²) in [5, 5.41) is 16.8. The van der Waals surface area contributed by atoms with E-state index in [9.17, 15) is 0 Å². The summed E-state index contributed by atoms with van der Waals surface area (Å²) < 4.78 is 0. The highest BCUT2D eigenvalue weighted by molar-refractivity contribution is 5.33. The zero-order valence-electron chi connectivity index (χ0n) is 6.91. The van der Waals surface area contributed by atoms with Crippen LogP contribution in [0.3, 0.4) is 0 Å². The first-order valence-corrected chi connectivity index (χ1v) is 3.99. The van der Waals surface area contributed by atoms with Gasteiger partial charge in [-0.1, -0.05) is 0 Å². The van der Waals surface area contributed by atoms with Crippen LogP contribution in [0.5, 0.6) is 0 Å². The molecule has 0 saturated heterocycles. The molecule has 1 heterocycles. The summed E-state index contributed by atoms with van der Waals surface area (Å²) in [5.74, 6) is 0. The van der Waals surface area contributed by atoms with Gasteiger partial charge in [0.2, 0.25) is 0 Å². The Kier molecular flexibility index (Phi) is 1.37. The van der Waals surface area contributed by atoms with Crippen LogP contribution < -0.4 is 0 Å². The molecule has 1 saturated carbocycles. The third kappa shape index (κ3) is 0.964. The van der Waals surface area contributed by atoms with Gasteiger partial charge in [-0.2, -0.15) is 15.5 Å². The molecule has 60 valence electrons. The van der Waals surface area contributed by atoms with E-state index in [0.717, 1.165) is 24.2 Å². The van der Waals surface area contributed by atoms with Gasteiger partial charge in [-0.05, 0) is 31.9 Å². The lowest BCUT2D eigenvalue weighted by Gasteiger charge is -2.02. The van der Waals surface area contributed by atoms with Gasteiger partial charge in [0.15, 0.2) is 0 Å². The first-order chi connectivity index (χ1) is 5.77. The molecule has 1 aromatic heterocycles. The fourth-order valence-corrected chi connectivity index (χ4v) is 1.20. The van der Waals surface area contributed by atoms with Crippen molar-refractivity contribution >= 4 is 0 Å². The van der Waals surface area contributed by atoms with Crippen molar-refractivity contribution in [3.8, 4) is 6.07 Å². The van der Waals surface area contributed by atoms with Crippen LogP contribution >= 0.6 is 0 Å². The normalized spacial score (nSPS) is 18.3. The minimum Gasteiger partial charge on any atom is -0.197 e. The molecule has 1 aliphatic rings. The molecule has 1 aliphatic carbocycles. The van der Waals surface area contributed by atoms with Gasteiger partial charge in [0.1, 0.15) is 5.41 Å². The average Bonchev–Trinajstić information content (AvgIpc) is 2.86. The average molecular weight is 159 g/mol. The zero-order valence-corrected chi connectivity index (χ0v) is 6.91. The predicted octanol–water partition coefficient (Wildman–Crippen LogP) is 1.34. The number of nitrogens with zero attached hydrogens (tertiary/aromatic N) is 3. The highest BCUT2D eigenvalue weighted by Crippen LogP contribution is 2.46. The molecule has 0 aromatic carbocycles. The Balaban J connectivity index is 2.37. The maximum atomic E-state index is 8.86. The van der Waals surface area contributed by atoms with E-state index in [4.69, 9.17) is 5.26 Å². The molecule has 0 bridgehead atoms. The van der Waals surface area contributed by atoms with Crippen molar-refractivity contribution in [2.24, 2.45) is 0 Å². The fraction of sp³-hybridized carbons (Fsp3) is 0.444. The Labute approximate surface area is 71.1 Å². The lowest BCUT2D eigenvalue weighted by atomic mass is 10.1. The number of rotatable bonds is 1. The summed E-state index contributed by atoms with van der Waals surface area (Å²) in [7, 11) is 0. The van der Waals surface area contributed by atoms with Gasteiger partial charge >= 0.3 is 0 Å². The van der Waals surface area contributed by atoms with E-state index in [1.807, 2.05) is 19.1 Å². The van der Waals surface area contributed by atoms with E-state index in [-0.39, 0.29) is 5.41 Å². The Morgan fingerprint density at radius 3 is 2.58 bits per heavy atom. The maximum absolute atomic E-state index is 8.86. The molecule has 0 amide bonds. The summed E-state index contributed by atoms with van der Waals surface area (Å²) in [5.41, 5.74) is 1.43. The van der Waals surface area contributed by atoms with Gasteiger partial charge in [0.25, 0.3) is 0 Å². The maximum Gasteiger partial charge on any atom is 0.101 e. The summed E-state index contributed by atoms with van der Waals surface area (Å²) in [4.78, 5) is 0. The molecule has 1 fully saturated rings. The Morgan fingerprint density at radius 2 is 2.17 bits per heavy atom. The summed E-state index contributed by atoms with van der Waals surface area (Å²) in [6.07, 6.45) is 1.86. The first-order valence-electron chi connectivity index (χ1n) is 3.99. The topological polar surface area (TPSA) is 49.6 Å². The smallest absolute Gasteiger partial charge is 0.101 e. The third-order valence-corrected chi connectivity index (χ3v) is 2.25. The minimum absolute atomic E-state index is 0.291. The lowest BCUT2D eigenvalue weighted by molar-refractivity contribution is 0.796. The first kappa shape index (κ1) is 7.23. The molecule has 12 heavy (non-hydrogen) atoms. The SMILES string of the molecule is Cc1ccc(C2(C#N)CC2)nn1. The highest BCUT2D eigenvalue weighted by Gasteiger charge is 2.46. The van der Waals surface area contributed by atoms with E-state index >= 15 is 0 Å². The second-order valence-electron chi connectivity index (χ2n) is 3.25. The number of aryl methyl sites for hydroxylation is 1. The van der Waals surface area contributed by atoms with E-state index in [1.165, 1.54) is 0 Å². The van der Waals surface area contributed by atoms with Gasteiger partial charge in [-0.25, -0.2) is 0 Å². The van der Waals surface area contributed by atoms with E-state index in [0.29, 0.717) is 0 Å². The lowest BCUT2D eigenvalue weighted by Crippen LogP contribution is -2.06. The molecule has 0 unspecified atom stereocenters. The van der Waals surface area contributed by atoms with Crippen LogP contribution in [0.25, 0.3) is 0 Å². The molecule has 0 N–H and O–H groups in total. The number of aromatic nitrogens is 2. The Hall–Kier alpha value is -1.43. The summed E-state index contributed by atoms with van der Waals surface area (Å²) in [6, 6.07) is 6.09. The molecule has 0 atom stereocenters. The van der Waals surface area contributed by atoms with Crippen molar-refractivity contribution in [1.82, 2.24) is 10.2 Å². The largest absolute Gasteiger partial charge is 0.197 e. The van der Waals surface area contributed by atoms with Crippen LogP contribution in [-0.4, -0.2) is 10.2 Å². The zero-order chi connectivity index (χ0) is 8.60. The molecule has 0 spiro atoms. The molecule has 0 radical (unpaired) electrons. The van der Waals surface area contributed by atoms with Crippen molar-refractivity contribution in [1.29, 1.82) is 5.26 Å². The van der Waals surface area contributed by atoms with Gasteiger partial charge in [0, 0.05) is 0 Å². The molecule has 2 rings (SSSR count). The molecule has 0 aliphatic heterocycles. The Morgan fingerprint density at radius 1 is 1.42 bits per heavy atom. The predicted molar refractivity (Wildman–Crippen MR) is 43.3 cm³/mol.